The van der Waals surface area contributed by atoms with Gasteiger partial charge in [-0.2, -0.15) is 5.10 Å². The Morgan fingerprint density at radius 2 is 2.28 bits per heavy atom. The number of benzene rings is 1. The van der Waals surface area contributed by atoms with Gasteiger partial charge in [-0.1, -0.05) is 6.07 Å². The molecule has 1 fully saturated rings. The smallest absolute Gasteiger partial charge is 0.234 e. The number of rotatable bonds is 6. The molecule has 2 heterocycles. The SMILES string of the molecule is CN(C)[C@H]1CCN(CC(=O)NCc2cnn(-c3cccc(F)c3)c2)C1. The first-order valence-electron chi connectivity index (χ1n) is 8.46. The lowest BCUT2D eigenvalue weighted by molar-refractivity contribution is -0.122. The van der Waals surface area contributed by atoms with Gasteiger partial charge in [0, 0.05) is 37.4 Å². The average Bonchev–Trinajstić information content (AvgIpc) is 3.22. The molecule has 2 aromatic rings. The quantitative estimate of drug-likeness (QED) is 0.857. The van der Waals surface area contributed by atoms with Crippen molar-refractivity contribution in [2.75, 3.05) is 33.7 Å². The summed E-state index contributed by atoms with van der Waals surface area (Å²) < 4.78 is 14.9. The normalized spacial score (nSPS) is 18.0. The predicted molar refractivity (Wildman–Crippen MR) is 93.9 cm³/mol. The molecular formula is C18H24FN5O. The third-order valence-corrected chi connectivity index (χ3v) is 4.54. The standard InChI is InChI=1S/C18H24FN5O/c1-22(2)17-6-7-23(12-17)13-18(25)20-9-14-10-21-24(11-14)16-5-3-4-15(19)8-16/h3-5,8,10-11,17H,6-7,9,12-13H2,1-2H3,(H,20,25)/t17-/m0/s1. The first-order chi connectivity index (χ1) is 12.0. The van der Waals surface area contributed by atoms with Crippen molar-refractivity contribution in [2.24, 2.45) is 0 Å². The number of amides is 1. The maximum absolute atomic E-state index is 13.3. The second kappa shape index (κ2) is 7.76. The summed E-state index contributed by atoms with van der Waals surface area (Å²) in [6.45, 7) is 2.72. The van der Waals surface area contributed by atoms with Crippen LogP contribution in [0.15, 0.2) is 36.7 Å². The number of nitrogens with zero attached hydrogens (tertiary/aromatic N) is 4. The molecule has 25 heavy (non-hydrogen) atoms. The van der Waals surface area contributed by atoms with E-state index >= 15 is 0 Å². The van der Waals surface area contributed by atoms with E-state index in [4.69, 9.17) is 0 Å². The Labute approximate surface area is 147 Å². The van der Waals surface area contributed by atoms with Crippen LogP contribution in [0.2, 0.25) is 0 Å². The van der Waals surface area contributed by atoms with Gasteiger partial charge in [-0.05, 0) is 38.7 Å². The van der Waals surface area contributed by atoms with E-state index in [1.165, 1.54) is 12.1 Å². The number of likely N-dealkylation sites (tertiary alicyclic amines) is 1. The molecule has 134 valence electrons. The molecule has 1 aliphatic rings. The zero-order valence-corrected chi connectivity index (χ0v) is 14.7. The predicted octanol–water partition coefficient (Wildman–Crippen LogP) is 1.26. The van der Waals surface area contributed by atoms with Crippen LogP contribution in [0.3, 0.4) is 0 Å². The average molecular weight is 345 g/mol. The van der Waals surface area contributed by atoms with E-state index in [1.807, 2.05) is 0 Å². The van der Waals surface area contributed by atoms with Crippen LogP contribution in [0.5, 0.6) is 0 Å². The molecule has 0 radical (unpaired) electrons. The number of hydrogen-bond acceptors (Lipinski definition) is 4. The molecule has 0 spiro atoms. The molecule has 7 heteroatoms. The van der Waals surface area contributed by atoms with Crippen molar-refractivity contribution in [1.82, 2.24) is 24.9 Å². The van der Waals surface area contributed by atoms with Crippen molar-refractivity contribution in [2.45, 2.75) is 19.0 Å². The number of aromatic nitrogens is 2. The molecule has 1 atom stereocenters. The number of hydrogen-bond donors (Lipinski definition) is 1. The Morgan fingerprint density at radius 3 is 3.00 bits per heavy atom. The summed E-state index contributed by atoms with van der Waals surface area (Å²) in [5, 5.41) is 7.15. The van der Waals surface area contributed by atoms with Crippen molar-refractivity contribution >= 4 is 5.91 Å². The monoisotopic (exact) mass is 345 g/mol. The first kappa shape index (κ1) is 17.6. The molecule has 1 N–H and O–H groups in total. The van der Waals surface area contributed by atoms with Gasteiger partial charge >= 0.3 is 0 Å². The molecule has 0 bridgehead atoms. The topological polar surface area (TPSA) is 53.4 Å². The van der Waals surface area contributed by atoms with Gasteiger partial charge in [0.25, 0.3) is 0 Å². The van der Waals surface area contributed by atoms with E-state index in [9.17, 15) is 9.18 Å². The Balaban J connectivity index is 1.48. The minimum Gasteiger partial charge on any atom is -0.351 e. The Morgan fingerprint density at radius 1 is 1.44 bits per heavy atom. The summed E-state index contributed by atoms with van der Waals surface area (Å²) in [5.74, 6) is -0.289. The van der Waals surface area contributed by atoms with Crippen LogP contribution >= 0.6 is 0 Å². The minimum atomic E-state index is -0.301. The van der Waals surface area contributed by atoms with Crippen molar-refractivity contribution in [3.8, 4) is 5.69 Å². The van der Waals surface area contributed by atoms with E-state index in [0.29, 0.717) is 24.8 Å². The van der Waals surface area contributed by atoms with Gasteiger partial charge in [-0.3, -0.25) is 9.69 Å². The third kappa shape index (κ3) is 4.64. The summed E-state index contributed by atoms with van der Waals surface area (Å²) in [4.78, 5) is 16.5. The summed E-state index contributed by atoms with van der Waals surface area (Å²) in [6, 6.07) is 6.77. The highest BCUT2D eigenvalue weighted by molar-refractivity contribution is 5.78. The summed E-state index contributed by atoms with van der Waals surface area (Å²) >= 11 is 0. The zero-order chi connectivity index (χ0) is 17.8. The van der Waals surface area contributed by atoms with E-state index in [-0.39, 0.29) is 11.7 Å². The first-order valence-corrected chi connectivity index (χ1v) is 8.46. The third-order valence-electron chi connectivity index (χ3n) is 4.54. The van der Waals surface area contributed by atoms with Gasteiger partial charge in [0.15, 0.2) is 0 Å². The molecular weight excluding hydrogens is 321 g/mol. The molecule has 6 nitrogen and oxygen atoms in total. The summed E-state index contributed by atoms with van der Waals surface area (Å²) in [5.41, 5.74) is 1.54. The molecule has 1 aliphatic heterocycles. The summed E-state index contributed by atoms with van der Waals surface area (Å²) in [6.07, 6.45) is 4.58. The highest BCUT2D eigenvalue weighted by atomic mass is 19.1. The van der Waals surface area contributed by atoms with Crippen LogP contribution in [0.1, 0.15) is 12.0 Å². The Hall–Kier alpha value is -2.25. The second-order valence-corrected chi connectivity index (χ2v) is 6.69. The van der Waals surface area contributed by atoms with Crippen molar-refractivity contribution < 1.29 is 9.18 Å². The van der Waals surface area contributed by atoms with E-state index in [2.05, 4.69) is 34.3 Å². The van der Waals surface area contributed by atoms with Gasteiger partial charge in [0.05, 0.1) is 18.4 Å². The van der Waals surface area contributed by atoms with E-state index in [0.717, 1.165) is 25.1 Å². The van der Waals surface area contributed by atoms with Gasteiger partial charge < -0.3 is 10.2 Å². The van der Waals surface area contributed by atoms with E-state index in [1.54, 1.807) is 29.2 Å². The number of nitrogens with one attached hydrogen (secondary N) is 1. The number of carbonyl (C=O) groups is 1. The molecule has 1 aromatic carbocycles. The van der Waals surface area contributed by atoms with Crippen LogP contribution in [0.25, 0.3) is 5.69 Å². The van der Waals surface area contributed by atoms with Crippen molar-refractivity contribution in [3.05, 3.63) is 48.0 Å². The van der Waals surface area contributed by atoms with E-state index < -0.39 is 0 Å². The highest BCUT2D eigenvalue weighted by Crippen LogP contribution is 2.13. The molecule has 0 aliphatic carbocycles. The lowest BCUT2D eigenvalue weighted by Crippen LogP contribution is -2.38. The fourth-order valence-corrected chi connectivity index (χ4v) is 3.05. The van der Waals surface area contributed by atoms with Crippen molar-refractivity contribution in [1.29, 1.82) is 0 Å². The lowest BCUT2D eigenvalue weighted by atomic mass is 10.2. The fraction of sp³-hybridized carbons (Fsp3) is 0.444. The highest BCUT2D eigenvalue weighted by Gasteiger charge is 2.25. The van der Waals surface area contributed by atoms with Crippen LogP contribution in [0, 0.1) is 5.82 Å². The number of carbonyl (C=O) groups excluding carboxylic acids is 1. The van der Waals surface area contributed by atoms with Gasteiger partial charge in [-0.25, -0.2) is 9.07 Å². The van der Waals surface area contributed by atoms with Crippen molar-refractivity contribution in [3.63, 3.8) is 0 Å². The van der Waals surface area contributed by atoms with Crippen LogP contribution in [-0.2, 0) is 11.3 Å². The Bertz CT molecular complexity index is 730. The maximum atomic E-state index is 13.3. The largest absolute Gasteiger partial charge is 0.351 e. The fourth-order valence-electron chi connectivity index (χ4n) is 3.05. The van der Waals surface area contributed by atoms with Gasteiger partial charge in [0.2, 0.25) is 5.91 Å². The maximum Gasteiger partial charge on any atom is 0.234 e. The number of likely N-dealkylation sites (N-methyl/N-ethyl adjacent to an activating group) is 1. The van der Waals surface area contributed by atoms with Crippen LogP contribution in [-0.4, -0.2) is 65.3 Å². The molecule has 0 saturated carbocycles. The summed E-state index contributed by atoms with van der Waals surface area (Å²) in [7, 11) is 4.15. The van der Waals surface area contributed by atoms with Crippen LogP contribution in [0.4, 0.5) is 4.39 Å². The number of halogens is 1. The Kier molecular flexibility index (Phi) is 5.45. The molecule has 1 saturated heterocycles. The van der Waals surface area contributed by atoms with Crippen LogP contribution < -0.4 is 5.32 Å². The molecule has 3 rings (SSSR count). The molecule has 1 aromatic heterocycles. The van der Waals surface area contributed by atoms with Gasteiger partial charge in [0.1, 0.15) is 5.82 Å². The zero-order valence-electron chi connectivity index (χ0n) is 14.7. The lowest BCUT2D eigenvalue weighted by Gasteiger charge is -2.19. The minimum absolute atomic E-state index is 0.0120. The molecule has 1 amide bonds. The van der Waals surface area contributed by atoms with Gasteiger partial charge in [-0.15, -0.1) is 0 Å². The molecule has 0 unspecified atom stereocenters. The second-order valence-electron chi connectivity index (χ2n) is 6.69.